The van der Waals surface area contributed by atoms with Crippen LogP contribution in [-0.4, -0.2) is 26.0 Å². The van der Waals surface area contributed by atoms with Gasteiger partial charge in [0.15, 0.2) is 0 Å². The Morgan fingerprint density at radius 2 is 2.12 bits per heavy atom. The Hall–Kier alpha value is -0.430. The van der Waals surface area contributed by atoms with Crippen molar-refractivity contribution < 1.29 is 13.3 Å². The summed E-state index contributed by atoms with van der Waals surface area (Å²) in [6, 6.07) is 1.72. The summed E-state index contributed by atoms with van der Waals surface area (Å²) in [7, 11) is -3.45. The molecule has 0 spiro atoms. The summed E-state index contributed by atoms with van der Waals surface area (Å²) in [6.07, 6.45) is 1.79. The molecule has 0 aromatic carbocycles. The number of aryl methyl sites for hydroxylation is 2. The van der Waals surface area contributed by atoms with Crippen LogP contribution in [0.3, 0.4) is 0 Å². The fourth-order valence-corrected chi connectivity index (χ4v) is 4.56. The van der Waals surface area contributed by atoms with Crippen molar-refractivity contribution in [2.45, 2.75) is 31.6 Å². The molecule has 0 atom stereocenters. The molecule has 0 unspecified atom stereocenters. The minimum absolute atomic E-state index is 0.386. The maximum atomic E-state index is 12.2. The second kappa shape index (κ2) is 4.44. The summed E-state index contributed by atoms with van der Waals surface area (Å²) in [5.74, 6) is 0. The zero-order valence-electron chi connectivity index (χ0n) is 9.39. The number of hydroxylamine groups is 1. The Kier molecular flexibility index (Phi) is 3.34. The maximum Gasteiger partial charge on any atom is 0.266 e. The van der Waals surface area contributed by atoms with Crippen LogP contribution in [0, 0.1) is 13.8 Å². The highest BCUT2D eigenvalue weighted by molar-refractivity contribution is 7.89. The van der Waals surface area contributed by atoms with E-state index in [9.17, 15) is 8.42 Å². The van der Waals surface area contributed by atoms with E-state index in [0.29, 0.717) is 18.0 Å². The van der Waals surface area contributed by atoms with Crippen LogP contribution in [0.4, 0.5) is 0 Å². The maximum absolute atomic E-state index is 12.2. The van der Waals surface area contributed by atoms with Gasteiger partial charge in [0, 0.05) is 16.3 Å². The van der Waals surface area contributed by atoms with Crippen LogP contribution in [0.25, 0.3) is 0 Å². The minimum atomic E-state index is -3.45. The Bertz CT molecular complexity index is 472. The van der Waals surface area contributed by atoms with Gasteiger partial charge in [-0.1, -0.05) is 4.47 Å². The van der Waals surface area contributed by atoms with Gasteiger partial charge in [-0.15, -0.1) is 11.3 Å². The summed E-state index contributed by atoms with van der Waals surface area (Å²) in [5, 5.41) is 0. The third-order valence-electron chi connectivity index (χ3n) is 2.51. The van der Waals surface area contributed by atoms with Crippen molar-refractivity contribution >= 4 is 21.4 Å². The molecule has 4 nitrogen and oxygen atoms in total. The topological polar surface area (TPSA) is 46.6 Å². The molecule has 0 saturated carbocycles. The number of sulfonamides is 1. The largest absolute Gasteiger partial charge is 0.284 e. The Morgan fingerprint density at radius 3 is 2.62 bits per heavy atom. The van der Waals surface area contributed by atoms with Gasteiger partial charge in [-0.2, -0.15) is 0 Å². The third kappa shape index (κ3) is 2.15. The second-order valence-corrected chi connectivity index (χ2v) is 7.11. The molecule has 2 heterocycles. The van der Waals surface area contributed by atoms with E-state index in [1.54, 1.807) is 6.07 Å². The van der Waals surface area contributed by atoms with Crippen LogP contribution in [0.2, 0.25) is 0 Å². The van der Waals surface area contributed by atoms with Crippen molar-refractivity contribution in [1.29, 1.82) is 0 Å². The average Bonchev–Trinajstić information content (AvgIpc) is 2.60. The highest BCUT2D eigenvalue weighted by atomic mass is 32.2. The van der Waals surface area contributed by atoms with Crippen molar-refractivity contribution in [3.63, 3.8) is 0 Å². The lowest BCUT2D eigenvalue weighted by Gasteiger charge is -2.25. The van der Waals surface area contributed by atoms with Crippen LogP contribution < -0.4 is 0 Å². The van der Waals surface area contributed by atoms with E-state index in [2.05, 4.69) is 0 Å². The molecule has 16 heavy (non-hydrogen) atoms. The zero-order chi connectivity index (χ0) is 11.8. The molecule has 1 aromatic heterocycles. The Balaban J connectivity index is 2.34. The first-order valence-electron chi connectivity index (χ1n) is 5.24. The molecule has 1 fully saturated rings. The molecule has 1 aliphatic heterocycles. The number of rotatable bonds is 2. The summed E-state index contributed by atoms with van der Waals surface area (Å²) < 4.78 is 25.6. The first-order valence-corrected chi connectivity index (χ1v) is 7.50. The molecule has 0 bridgehead atoms. The molecule has 0 radical (unpaired) electrons. The van der Waals surface area contributed by atoms with E-state index in [-0.39, 0.29) is 0 Å². The summed E-state index contributed by atoms with van der Waals surface area (Å²) >= 11 is 1.50. The molecule has 1 aromatic rings. The minimum Gasteiger partial charge on any atom is -0.284 e. The highest BCUT2D eigenvalue weighted by Gasteiger charge is 2.29. The predicted molar refractivity (Wildman–Crippen MR) is 62.9 cm³/mol. The van der Waals surface area contributed by atoms with Crippen molar-refractivity contribution in [3.05, 3.63) is 15.8 Å². The Morgan fingerprint density at radius 1 is 1.38 bits per heavy atom. The monoisotopic (exact) mass is 261 g/mol. The van der Waals surface area contributed by atoms with Gasteiger partial charge < -0.3 is 0 Å². The predicted octanol–water partition coefficient (Wildman–Crippen LogP) is 2.08. The van der Waals surface area contributed by atoms with E-state index in [0.717, 1.165) is 27.1 Å². The van der Waals surface area contributed by atoms with Crippen molar-refractivity contribution in [3.8, 4) is 0 Å². The third-order valence-corrected chi connectivity index (χ3v) is 5.41. The summed E-state index contributed by atoms with van der Waals surface area (Å²) in [4.78, 5) is 7.43. The van der Waals surface area contributed by atoms with Crippen LogP contribution >= 0.6 is 11.3 Å². The fourth-order valence-electron chi connectivity index (χ4n) is 1.74. The lowest BCUT2D eigenvalue weighted by molar-refractivity contribution is -0.108. The molecule has 0 N–H and O–H groups in total. The standard InChI is InChI=1S/C10H15NO3S2/c1-8-7-10(9(2)15-8)16(12,13)11-5-3-4-6-14-11/h7H,3-6H2,1-2H3. The van der Waals surface area contributed by atoms with E-state index in [1.165, 1.54) is 11.3 Å². The summed E-state index contributed by atoms with van der Waals surface area (Å²) in [5.41, 5.74) is 0. The van der Waals surface area contributed by atoms with Crippen molar-refractivity contribution in [1.82, 2.24) is 4.47 Å². The molecule has 6 heteroatoms. The van der Waals surface area contributed by atoms with Crippen molar-refractivity contribution in [2.75, 3.05) is 13.2 Å². The molecule has 0 aliphatic carbocycles. The van der Waals surface area contributed by atoms with Gasteiger partial charge >= 0.3 is 0 Å². The average molecular weight is 261 g/mol. The second-order valence-electron chi connectivity index (χ2n) is 3.85. The lowest BCUT2D eigenvalue weighted by Crippen LogP contribution is -2.35. The Labute approximate surface area is 99.8 Å². The lowest BCUT2D eigenvalue weighted by atomic mass is 10.3. The van der Waals surface area contributed by atoms with E-state index < -0.39 is 10.0 Å². The van der Waals surface area contributed by atoms with Crippen molar-refractivity contribution in [2.24, 2.45) is 0 Å². The van der Waals surface area contributed by atoms with Gasteiger partial charge in [-0.3, -0.25) is 4.84 Å². The molecular formula is C10H15NO3S2. The van der Waals surface area contributed by atoms with Gasteiger partial charge in [0.1, 0.15) is 0 Å². The van der Waals surface area contributed by atoms with E-state index in [1.807, 2.05) is 13.8 Å². The smallest absolute Gasteiger partial charge is 0.266 e. The van der Waals surface area contributed by atoms with Crippen LogP contribution in [0.1, 0.15) is 22.6 Å². The quantitative estimate of drug-likeness (QED) is 0.819. The van der Waals surface area contributed by atoms with Gasteiger partial charge in [-0.25, -0.2) is 8.42 Å². The number of hydrogen-bond acceptors (Lipinski definition) is 4. The zero-order valence-corrected chi connectivity index (χ0v) is 11.0. The van der Waals surface area contributed by atoms with E-state index in [4.69, 9.17) is 4.84 Å². The van der Waals surface area contributed by atoms with Crippen LogP contribution in [-0.2, 0) is 14.9 Å². The highest BCUT2D eigenvalue weighted by Crippen LogP contribution is 2.28. The van der Waals surface area contributed by atoms with Gasteiger partial charge in [0.25, 0.3) is 10.0 Å². The van der Waals surface area contributed by atoms with Crippen LogP contribution in [0.5, 0.6) is 0 Å². The van der Waals surface area contributed by atoms with E-state index >= 15 is 0 Å². The SMILES string of the molecule is Cc1cc(S(=O)(=O)N2CCCCO2)c(C)s1. The first-order chi connectivity index (χ1) is 7.51. The molecule has 90 valence electrons. The number of thiophene rings is 1. The first kappa shape index (κ1) is 12.0. The molecule has 1 saturated heterocycles. The van der Waals surface area contributed by atoms with Gasteiger partial charge in [0.2, 0.25) is 0 Å². The number of nitrogens with zero attached hydrogens (tertiary/aromatic N) is 1. The molecule has 1 aliphatic rings. The fraction of sp³-hybridized carbons (Fsp3) is 0.600. The van der Waals surface area contributed by atoms with Crippen LogP contribution in [0.15, 0.2) is 11.0 Å². The molecule has 0 amide bonds. The normalized spacial score (nSPS) is 18.9. The number of hydrogen-bond donors (Lipinski definition) is 0. The van der Waals surface area contributed by atoms with Gasteiger partial charge in [-0.05, 0) is 32.8 Å². The van der Waals surface area contributed by atoms with Gasteiger partial charge in [0.05, 0.1) is 11.5 Å². The summed E-state index contributed by atoms with van der Waals surface area (Å²) in [6.45, 7) is 4.68. The molecule has 2 rings (SSSR count). The molecular weight excluding hydrogens is 246 g/mol.